The van der Waals surface area contributed by atoms with Crippen molar-refractivity contribution >= 4 is 21.6 Å². The molecule has 0 aliphatic rings. The van der Waals surface area contributed by atoms with Gasteiger partial charge in [-0.15, -0.1) is 0 Å². The Morgan fingerprint density at radius 3 is 2.26 bits per heavy atom. The summed E-state index contributed by atoms with van der Waals surface area (Å²) in [6.45, 7) is 1.77. The molecule has 0 unspecified atom stereocenters. The van der Waals surface area contributed by atoms with Gasteiger partial charge in [-0.25, -0.2) is 21.9 Å². The van der Waals surface area contributed by atoms with E-state index in [1.54, 1.807) is 19.1 Å². The highest BCUT2D eigenvalue weighted by atomic mass is 32.2. The lowest BCUT2D eigenvalue weighted by atomic mass is 10.1. The van der Waals surface area contributed by atoms with Gasteiger partial charge in [0.15, 0.2) is 11.6 Å². The maximum absolute atomic E-state index is 13.2. The molecule has 0 saturated carbocycles. The molecule has 0 aromatic heterocycles. The molecule has 0 radical (unpaired) electrons. The molecular weight excluding hydrogens is 422 g/mol. The summed E-state index contributed by atoms with van der Waals surface area (Å²) in [6.07, 6.45) is 0.470. The van der Waals surface area contributed by atoms with Gasteiger partial charge < -0.3 is 5.32 Å². The Kier molecular flexibility index (Phi) is 7.14. The van der Waals surface area contributed by atoms with Crippen LogP contribution >= 0.6 is 0 Å². The van der Waals surface area contributed by atoms with Crippen molar-refractivity contribution < 1.29 is 22.0 Å². The number of carbonyl (C=O) groups excluding carboxylic acids is 1. The molecule has 5 nitrogen and oxygen atoms in total. The molecule has 0 bridgehead atoms. The average Bonchev–Trinajstić information content (AvgIpc) is 2.75. The van der Waals surface area contributed by atoms with Crippen LogP contribution in [0.4, 0.5) is 14.5 Å². The first-order chi connectivity index (χ1) is 14.7. The fourth-order valence-electron chi connectivity index (χ4n) is 3.00. The van der Waals surface area contributed by atoms with Gasteiger partial charge in [0, 0.05) is 24.2 Å². The molecule has 3 aromatic rings. The number of benzene rings is 3. The number of halogens is 2. The summed E-state index contributed by atoms with van der Waals surface area (Å²) in [7, 11) is -3.70. The summed E-state index contributed by atoms with van der Waals surface area (Å²) in [5.41, 5.74) is 1.80. The van der Waals surface area contributed by atoms with Gasteiger partial charge in [-0.2, -0.15) is 0 Å². The zero-order valence-corrected chi connectivity index (χ0v) is 17.6. The zero-order valence-electron chi connectivity index (χ0n) is 16.8. The number of amides is 1. The van der Waals surface area contributed by atoms with Gasteiger partial charge in [-0.3, -0.25) is 4.79 Å². The van der Waals surface area contributed by atoms with Crippen molar-refractivity contribution in [3.8, 4) is 0 Å². The molecule has 0 aliphatic carbocycles. The summed E-state index contributed by atoms with van der Waals surface area (Å²) in [5, 5.41) is 2.50. The van der Waals surface area contributed by atoms with E-state index in [4.69, 9.17) is 0 Å². The standard InChI is InChI=1S/C23H22F2N2O3S/c1-16(18-5-3-2-4-6-18)27-31(29,30)20-11-7-17(8-12-20)9-14-23(28)26-19-10-13-21(24)22(25)15-19/h2-8,10-13,15-16,27H,9,14H2,1H3,(H,26,28)/t16-/m1/s1. The first-order valence-electron chi connectivity index (χ1n) is 9.66. The fourth-order valence-corrected chi connectivity index (χ4v) is 4.23. The molecule has 3 aromatic carbocycles. The second kappa shape index (κ2) is 9.80. The third kappa shape index (κ3) is 6.19. The number of sulfonamides is 1. The van der Waals surface area contributed by atoms with Gasteiger partial charge in [-0.1, -0.05) is 42.5 Å². The Balaban J connectivity index is 1.56. The van der Waals surface area contributed by atoms with Gasteiger partial charge in [0.1, 0.15) is 0 Å². The number of rotatable bonds is 8. The van der Waals surface area contributed by atoms with Gasteiger partial charge in [0.25, 0.3) is 0 Å². The Morgan fingerprint density at radius 1 is 0.935 bits per heavy atom. The first kappa shape index (κ1) is 22.6. The predicted octanol–water partition coefficient (Wildman–Crippen LogP) is 4.58. The molecule has 0 heterocycles. The highest BCUT2D eigenvalue weighted by molar-refractivity contribution is 7.89. The van der Waals surface area contributed by atoms with E-state index in [-0.39, 0.29) is 29.0 Å². The van der Waals surface area contributed by atoms with Gasteiger partial charge in [-0.05, 0) is 48.7 Å². The maximum atomic E-state index is 13.2. The van der Waals surface area contributed by atoms with Crippen molar-refractivity contribution in [3.63, 3.8) is 0 Å². The van der Waals surface area contributed by atoms with Crippen molar-refractivity contribution in [2.24, 2.45) is 0 Å². The van der Waals surface area contributed by atoms with Crippen LogP contribution in [0.1, 0.15) is 30.5 Å². The van der Waals surface area contributed by atoms with Gasteiger partial charge in [0.2, 0.25) is 15.9 Å². The highest BCUT2D eigenvalue weighted by Crippen LogP contribution is 2.18. The monoisotopic (exact) mass is 444 g/mol. The number of anilines is 1. The van der Waals surface area contributed by atoms with Crippen LogP contribution in [0.3, 0.4) is 0 Å². The minimum Gasteiger partial charge on any atom is -0.326 e. The summed E-state index contributed by atoms with van der Waals surface area (Å²) in [4.78, 5) is 12.2. The average molecular weight is 445 g/mol. The third-order valence-electron chi connectivity index (χ3n) is 4.71. The topological polar surface area (TPSA) is 75.3 Å². The van der Waals surface area contributed by atoms with Gasteiger partial charge >= 0.3 is 0 Å². The molecule has 0 fully saturated rings. The van der Waals surface area contributed by atoms with E-state index in [1.807, 2.05) is 30.3 Å². The number of hydrogen-bond donors (Lipinski definition) is 2. The van der Waals surface area contributed by atoms with Crippen LogP contribution in [-0.4, -0.2) is 14.3 Å². The van der Waals surface area contributed by atoms with Crippen molar-refractivity contribution in [2.45, 2.75) is 30.7 Å². The van der Waals surface area contributed by atoms with E-state index < -0.39 is 21.7 Å². The highest BCUT2D eigenvalue weighted by Gasteiger charge is 2.18. The number of nitrogens with one attached hydrogen (secondary N) is 2. The molecule has 0 aliphatic heterocycles. The Labute approximate surface area is 180 Å². The van der Waals surface area contributed by atoms with E-state index >= 15 is 0 Å². The molecule has 2 N–H and O–H groups in total. The lowest BCUT2D eigenvalue weighted by molar-refractivity contribution is -0.116. The van der Waals surface area contributed by atoms with Crippen molar-refractivity contribution in [1.29, 1.82) is 0 Å². The molecule has 8 heteroatoms. The molecule has 162 valence electrons. The summed E-state index contributed by atoms with van der Waals surface area (Å²) < 4.78 is 54.0. The van der Waals surface area contributed by atoms with E-state index in [0.29, 0.717) is 6.42 Å². The Hall–Kier alpha value is -3.10. The van der Waals surface area contributed by atoms with E-state index in [1.165, 1.54) is 18.2 Å². The molecule has 0 spiro atoms. The summed E-state index contributed by atoms with van der Waals surface area (Å²) in [5.74, 6) is -2.38. The second-order valence-electron chi connectivity index (χ2n) is 7.07. The quantitative estimate of drug-likeness (QED) is 0.534. The molecule has 31 heavy (non-hydrogen) atoms. The van der Waals surface area contributed by atoms with E-state index in [2.05, 4.69) is 10.0 Å². The lowest BCUT2D eigenvalue weighted by Crippen LogP contribution is -2.26. The van der Waals surface area contributed by atoms with Crippen molar-refractivity contribution in [2.75, 3.05) is 5.32 Å². The fraction of sp³-hybridized carbons (Fsp3) is 0.174. The Bertz CT molecular complexity index is 1150. The lowest BCUT2D eigenvalue weighted by Gasteiger charge is -2.15. The van der Waals surface area contributed by atoms with Crippen LogP contribution in [0.15, 0.2) is 77.7 Å². The van der Waals surface area contributed by atoms with E-state index in [0.717, 1.165) is 23.3 Å². The minimum atomic E-state index is -3.70. The van der Waals surface area contributed by atoms with Gasteiger partial charge in [0.05, 0.1) is 4.90 Å². The molecule has 3 rings (SSSR count). The summed E-state index contributed by atoms with van der Waals surface area (Å²) in [6, 6.07) is 18.3. The third-order valence-corrected chi connectivity index (χ3v) is 6.27. The van der Waals surface area contributed by atoms with Crippen LogP contribution in [0.2, 0.25) is 0 Å². The predicted molar refractivity (Wildman–Crippen MR) is 115 cm³/mol. The summed E-state index contributed by atoms with van der Waals surface area (Å²) >= 11 is 0. The first-order valence-corrected chi connectivity index (χ1v) is 11.1. The smallest absolute Gasteiger partial charge is 0.241 e. The molecule has 1 amide bonds. The number of hydrogen-bond acceptors (Lipinski definition) is 3. The van der Waals surface area contributed by atoms with Crippen LogP contribution in [0.5, 0.6) is 0 Å². The molecule has 0 saturated heterocycles. The second-order valence-corrected chi connectivity index (χ2v) is 8.79. The van der Waals surface area contributed by atoms with Crippen LogP contribution in [0.25, 0.3) is 0 Å². The van der Waals surface area contributed by atoms with Crippen LogP contribution in [-0.2, 0) is 21.2 Å². The minimum absolute atomic E-state index is 0.106. The number of carbonyl (C=O) groups is 1. The van der Waals surface area contributed by atoms with Crippen molar-refractivity contribution in [1.82, 2.24) is 4.72 Å². The maximum Gasteiger partial charge on any atom is 0.241 e. The van der Waals surface area contributed by atoms with Crippen LogP contribution < -0.4 is 10.0 Å². The number of aryl methyl sites for hydroxylation is 1. The van der Waals surface area contributed by atoms with Crippen molar-refractivity contribution in [3.05, 3.63) is 95.6 Å². The zero-order chi connectivity index (χ0) is 22.4. The molecule has 1 atom stereocenters. The Morgan fingerprint density at radius 2 is 1.61 bits per heavy atom. The molecular formula is C23H22F2N2O3S. The van der Waals surface area contributed by atoms with Crippen LogP contribution in [0, 0.1) is 11.6 Å². The normalized spacial score (nSPS) is 12.4. The SMILES string of the molecule is C[C@@H](NS(=O)(=O)c1ccc(CCC(=O)Nc2ccc(F)c(F)c2)cc1)c1ccccc1. The van der Waals surface area contributed by atoms with E-state index in [9.17, 15) is 22.0 Å². The largest absolute Gasteiger partial charge is 0.326 e.